The van der Waals surface area contributed by atoms with Crippen molar-refractivity contribution >= 4 is 13.6 Å². The smallest absolute Gasteiger partial charge is 0.387 e. The number of nitrogen functional groups attached to an aromatic ring is 1. The first-order valence-corrected chi connectivity index (χ1v) is 16.2. The van der Waals surface area contributed by atoms with Crippen molar-refractivity contribution in [3.63, 3.8) is 0 Å². The van der Waals surface area contributed by atoms with Crippen molar-refractivity contribution in [2.75, 3.05) is 18.9 Å². The van der Waals surface area contributed by atoms with Gasteiger partial charge in [0.2, 0.25) is 0 Å². The summed E-state index contributed by atoms with van der Waals surface area (Å²) in [6.45, 7) is 1.83. The third kappa shape index (κ3) is 13.3. The third-order valence-corrected chi connectivity index (χ3v) is 8.10. The van der Waals surface area contributed by atoms with Gasteiger partial charge in [-0.3, -0.25) is 13.6 Å². The van der Waals surface area contributed by atoms with E-state index in [1.165, 1.54) is 89.3 Å². The number of aromatic nitrogens is 2. The Morgan fingerprint density at radius 1 is 0.897 bits per heavy atom. The van der Waals surface area contributed by atoms with Crippen LogP contribution in [0.25, 0.3) is 0 Å². The molecule has 1 aliphatic rings. The molecule has 0 bridgehead atoms. The molecule has 0 amide bonds. The second-order valence-electron chi connectivity index (χ2n) is 10.5. The molecule has 11 nitrogen and oxygen atoms in total. The van der Waals surface area contributed by atoms with Gasteiger partial charge in [0.1, 0.15) is 24.1 Å². The predicted octanol–water partition coefficient (Wildman–Crippen LogP) is 4.84. The van der Waals surface area contributed by atoms with Crippen LogP contribution in [0.5, 0.6) is 0 Å². The summed E-state index contributed by atoms with van der Waals surface area (Å²) in [5.74, 6) is 0.00637. The van der Waals surface area contributed by atoms with E-state index >= 15 is 0 Å². The van der Waals surface area contributed by atoms with Crippen molar-refractivity contribution in [3.05, 3.63) is 22.7 Å². The fourth-order valence-electron chi connectivity index (χ4n) is 4.75. The van der Waals surface area contributed by atoms with Gasteiger partial charge in [-0.25, -0.2) is 9.36 Å². The Labute approximate surface area is 232 Å². The largest absolute Gasteiger partial charge is 0.472 e. The van der Waals surface area contributed by atoms with Crippen LogP contribution >= 0.6 is 7.82 Å². The van der Waals surface area contributed by atoms with Crippen molar-refractivity contribution in [2.45, 2.75) is 134 Å². The number of nitrogens with two attached hydrogens (primary N) is 1. The Balaban J connectivity index is 1.48. The predicted molar refractivity (Wildman–Crippen MR) is 150 cm³/mol. The molecule has 0 saturated carbocycles. The van der Waals surface area contributed by atoms with Crippen LogP contribution in [-0.4, -0.2) is 56.2 Å². The van der Waals surface area contributed by atoms with Crippen LogP contribution in [0.1, 0.15) is 116 Å². The maximum atomic E-state index is 12.2. The van der Waals surface area contributed by atoms with E-state index in [0.717, 1.165) is 23.8 Å². The number of hydrogen-bond acceptors (Lipinski definition) is 9. The first-order valence-electron chi connectivity index (χ1n) is 14.7. The van der Waals surface area contributed by atoms with Crippen molar-refractivity contribution in [2.24, 2.45) is 0 Å². The summed E-state index contributed by atoms with van der Waals surface area (Å²) in [6, 6.07) is 1.35. The molecule has 1 saturated heterocycles. The summed E-state index contributed by atoms with van der Waals surface area (Å²) < 4.78 is 28.7. The third-order valence-electron chi connectivity index (χ3n) is 7.12. The number of aliphatic hydroxyl groups excluding tert-OH is 2. The van der Waals surface area contributed by atoms with Gasteiger partial charge in [-0.1, -0.05) is 103 Å². The lowest BCUT2D eigenvalue weighted by atomic mass is 10.0. The molecule has 39 heavy (non-hydrogen) atoms. The summed E-state index contributed by atoms with van der Waals surface area (Å²) in [6.07, 6.45) is 15.8. The number of anilines is 1. The van der Waals surface area contributed by atoms with Gasteiger partial charge in [0, 0.05) is 6.20 Å². The standard InChI is InChI=1S/C27H50N3O8P/c1-2-3-4-5-6-7-8-9-10-11-12-13-14-15-16-17-20-36-39(34,35)37-21-22-24(31)25(32)26(38-22)30-19-18-23(28)29-27(30)33/h18-19,22,24-26,31-32H,2-17,20-21H2,1H3,(H,34,35)(H2,28,29,33)/t22-,24?,25-,26-/m1/s1. The van der Waals surface area contributed by atoms with Gasteiger partial charge in [-0.15, -0.1) is 0 Å². The zero-order chi connectivity index (χ0) is 28.5. The minimum absolute atomic E-state index is 0.00637. The van der Waals surface area contributed by atoms with Crippen LogP contribution in [0.15, 0.2) is 17.1 Å². The van der Waals surface area contributed by atoms with Crippen molar-refractivity contribution in [3.8, 4) is 0 Å². The quantitative estimate of drug-likeness (QED) is 0.111. The van der Waals surface area contributed by atoms with E-state index in [1.54, 1.807) is 0 Å². The van der Waals surface area contributed by atoms with Crippen molar-refractivity contribution < 1.29 is 33.5 Å². The molecular formula is C27H50N3O8P. The second-order valence-corrected chi connectivity index (χ2v) is 11.9. The molecule has 12 heteroatoms. The Kier molecular flexibility index (Phi) is 16.4. The van der Waals surface area contributed by atoms with E-state index in [2.05, 4.69) is 11.9 Å². The molecule has 226 valence electrons. The summed E-state index contributed by atoms with van der Waals surface area (Å²) in [5, 5.41) is 20.5. The number of nitrogens with zero attached hydrogens (tertiary/aromatic N) is 2. The number of phosphoric ester groups is 1. The molecule has 2 rings (SSSR count). The molecule has 1 aliphatic heterocycles. The number of aliphatic hydroxyl groups is 2. The lowest BCUT2D eigenvalue weighted by molar-refractivity contribution is -0.0551. The normalized spacial score (nSPS) is 22.8. The molecule has 0 aromatic carbocycles. The fraction of sp³-hybridized carbons (Fsp3) is 0.852. The first-order chi connectivity index (χ1) is 18.7. The van der Waals surface area contributed by atoms with Gasteiger partial charge < -0.3 is 25.6 Å². The second kappa shape index (κ2) is 18.9. The van der Waals surface area contributed by atoms with Gasteiger partial charge in [0.25, 0.3) is 0 Å². The Hall–Kier alpha value is -1.33. The minimum Gasteiger partial charge on any atom is -0.387 e. The first kappa shape index (κ1) is 33.9. The Bertz CT molecular complexity index is 902. The molecule has 0 radical (unpaired) electrons. The molecule has 0 aliphatic carbocycles. The minimum atomic E-state index is -4.36. The maximum Gasteiger partial charge on any atom is 0.472 e. The van der Waals surface area contributed by atoms with E-state index in [1.807, 2.05) is 0 Å². The van der Waals surface area contributed by atoms with Crippen molar-refractivity contribution in [1.82, 2.24) is 9.55 Å². The number of hydrogen-bond donors (Lipinski definition) is 4. The van der Waals surface area contributed by atoms with E-state index in [-0.39, 0.29) is 12.4 Å². The molecule has 5 N–H and O–H groups in total. The highest BCUT2D eigenvalue weighted by molar-refractivity contribution is 7.47. The highest BCUT2D eigenvalue weighted by Crippen LogP contribution is 2.44. The maximum absolute atomic E-state index is 12.2. The molecule has 2 unspecified atom stereocenters. The molecule has 1 fully saturated rings. The summed E-state index contributed by atoms with van der Waals surface area (Å²) in [4.78, 5) is 25.5. The lowest BCUT2D eigenvalue weighted by Crippen LogP contribution is -2.36. The van der Waals surface area contributed by atoms with Crippen LogP contribution in [0.4, 0.5) is 5.82 Å². The highest BCUT2D eigenvalue weighted by Gasteiger charge is 2.45. The number of unbranched alkanes of at least 4 members (excludes halogenated alkanes) is 15. The fourth-order valence-corrected chi connectivity index (χ4v) is 5.52. The molecule has 0 spiro atoms. The zero-order valence-corrected chi connectivity index (χ0v) is 24.4. The van der Waals surface area contributed by atoms with E-state index in [9.17, 15) is 24.5 Å². The van der Waals surface area contributed by atoms with Crippen LogP contribution in [0.3, 0.4) is 0 Å². The van der Waals surface area contributed by atoms with Gasteiger partial charge in [0.05, 0.1) is 13.2 Å². The molecule has 1 aromatic heterocycles. The van der Waals surface area contributed by atoms with Gasteiger partial charge >= 0.3 is 13.5 Å². The van der Waals surface area contributed by atoms with E-state index in [0.29, 0.717) is 6.42 Å². The topological polar surface area (TPSA) is 166 Å². The van der Waals surface area contributed by atoms with Crippen LogP contribution < -0.4 is 11.4 Å². The van der Waals surface area contributed by atoms with Crippen LogP contribution in [-0.2, 0) is 18.3 Å². The van der Waals surface area contributed by atoms with E-state index in [4.69, 9.17) is 19.5 Å². The number of phosphoric acid groups is 1. The van der Waals surface area contributed by atoms with Crippen LogP contribution in [0, 0.1) is 0 Å². The zero-order valence-electron chi connectivity index (χ0n) is 23.5. The summed E-state index contributed by atoms with van der Waals surface area (Å²) in [5.41, 5.74) is 4.70. The molecule has 5 atom stereocenters. The lowest BCUT2D eigenvalue weighted by Gasteiger charge is -2.18. The van der Waals surface area contributed by atoms with Crippen LogP contribution in [0.2, 0.25) is 0 Å². The van der Waals surface area contributed by atoms with Crippen molar-refractivity contribution in [1.29, 1.82) is 0 Å². The number of ether oxygens (including phenoxy) is 1. The van der Waals surface area contributed by atoms with E-state index < -0.39 is 44.7 Å². The molecule has 1 aromatic rings. The Morgan fingerprint density at radius 3 is 1.92 bits per heavy atom. The molecule has 2 heterocycles. The van der Waals surface area contributed by atoms with Gasteiger partial charge in [-0.05, 0) is 12.5 Å². The summed E-state index contributed by atoms with van der Waals surface area (Å²) in [7, 11) is -4.36. The number of rotatable bonds is 22. The summed E-state index contributed by atoms with van der Waals surface area (Å²) >= 11 is 0. The molecular weight excluding hydrogens is 525 g/mol. The van der Waals surface area contributed by atoms with Gasteiger partial charge in [0.15, 0.2) is 6.23 Å². The van der Waals surface area contributed by atoms with Gasteiger partial charge in [-0.2, -0.15) is 4.98 Å². The SMILES string of the molecule is CCCCCCCCCCCCCCCCCCOP(=O)(O)OC[C@H]1O[C@@H](n2ccc(N)nc2=O)[C@H](O)C1O. The average Bonchev–Trinajstić information content (AvgIpc) is 3.18. The average molecular weight is 576 g/mol. The Morgan fingerprint density at radius 2 is 1.41 bits per heavy atom. The monoisotopic (exact) mass is 575 g/mol. The highest BCUT2D eigenvalue weighted by atomic mass is 31.2.